The summed E-state index contributed by atoms with van der Waals surface area (Å²) in [5.41, 5.74) is 5.37. The topological polar surface area (TPSA) is 43.6 Å². The van der Waals surface area contributed by atoms with Crippen LogP contribution in [0.2, 0.25) is 0 Å². The second-order valence-corrected chi connectivity index (χ2v) is 6.95. The lowest BCUT2D eigenvalue weighted by atomic mass is 10.1. The third-order valence-electron chi connectivity index (χ3n) is 4.11. The zero-order chi connectivity index (χ0) is 17.2. The number of thioether (sulfide) groups is 1. The van der Waals surface area contributed by atoms with Crippen LogP contribution in [0.25, 0.3) is 22.1 Å². The molecule has 0 N–H and O–H groups in total. The molecule has 124 valence electrons. The molecule has 0 aliphatic heterocycles. The average molecular weight is 346 g/mol. The number of nitrogens with zero attached hydrogens (tertiary/aromatic N) is 4. The number of hydrogen-bond donors (Lipinski definition) is 0. The van der Waals surface area contributed by atoms with Gasteiger partial charge < -0.3 is 4.57 Å². The summed E-state index contributed by atoms with van der Waals surface area (Å²) in [6, 6.07) is 16.8. The molecule has 4 aromatic rings. The minimum absolute atomic E-state index is 0.681. The van der Waals surface area contributed by atoms with Crippen LogP contribution >= 0.6 is 11.8 Å². The number of aromatic nitrogens is 4. The highest BCUT2D eigenvalue weighted by Gasteiger charge is 2.15. The highest BCUT2D eigenvalue weighted by Crippen LogP contribution is 2.28. The van der Waals surface area contributed by atoms with Gasteiger partial charge in [0.2, 0.25) is 5.16 Å². The fourth-order valence-corrected chi connectivity index (χ4v) is 3.55. The lowest BCUT2D eigenvalue weighted by molar-refractivity contribution is 0.814. The van der Waals surface area contributed by atoms with Crippen LogP contribution in [0.5, 0.6) is 0 Å². The quantitative estimate of drug-likeness (QED) is 0.391. The fourth-order valence-electron chi connectivity index (χ4n) is 3.04. The van der Waals surface area contributed by atoms with Crippen molar-refractivity contribution in [3.63, 3.8) is 0 Å². The van der Waals surface area contributed by atoms with Crippen LogP contribution in [-0.2, 0) is 6.54 Å². The molecule has 5 heteroatoms. The Hall–Kier alpha value is -2.66. The lowest BCUT2D eigenvalue weighted by Crippen LogP contribution is -2.02. The van der Waals surface area contributed by atoms with Gasteiger partial charge in [-0.3, -0.25) is 0 Å². The predicted octanol–water partition coefficient (Wildman–Crippen LogP) is 4.61. The molecule has 0 saturated carbocycles. The second-order valence-electron chi connectivity index (χ2n) is 5.96. The molecule has 0 spiro atoms. The number of rotatable bonds is 5. The van der Waals surface area contributed by atoms with Gasteiger partial charge in [0, 0.05) is 17.7 Å². The summed E-state index contributed by atoms with van der Waals surface area (Å²) in [7, 11) is 0. The van der Waals surface area contributed by atoms with Gasteiger partial charge in [0.05, 0.1) is 5.52 Å². The molecule has 0 saturated heterocycles. The van der Waals surface area contributed by atoms with Crippen LogP contribution in [0, 0.1) is 6.92 Å². The molecule has 2 aromatic carbocycles. The fraction of sp³-hybridized carbons (Fsp3) is 0.150. The first-order valence-electron chi connectivity index (χ1n) is 8.17. The summed E-state index contributed by atoms with van der Waals surface area (Å²) in [4.78, 5) is 4.77. The maximum Gasteiger partial charge on any atom is 0.211 e. The van der Waals surface area contributed by atoms with E-state index in [1.807, 2.05) is 12.1 Å². The van der Waals surface area contributed by atoms with Crippen molar-refractivity contribution in [2.24, 2.45) is 0 Å². The van der Waals surface area contributed by atoms with Crippen molar-refractivity contribution >= 4 is 33.8 Å². The van der Waals surface area contributed by atoms with E-state index in [1.54, 1.807) is 11.8 Å². The van der Waals surface area contributed by atoms with Crippen LogP contribution in [-0.4, -0.2) is 25.5 Å². The van der Waals surface area contributed by atoms with Crippen molar-refractivity contribution in [2.75, 3.05) is 5.75 Å². The Balaban J connectivity index is 1.90. The number of aryl methyl sites for hydroxylation is 1. The molecule has 0 bridgehead atoms. The first-order chi connectivity index (χ1) is 12.3. The molecule has 25 heavy (non-hydrogen) atoms. The molecule has 0 radical (unpaired) electrons. The van der Waals surface area contributed by atoms with Gasteiger partial charge in [-0.1, -0.05) is 65.9 Å². The summed E-state index contributed by atoms with van der Waals surface area (Å²) in [5.74, 6) is 0.769. The molecule has 2 heterocycles. The Morgan fingerprint density at radius 3 is 2.84 bits per heavy atom. The van der Waals surface area contributed by atoms with E-state index in [1.165, 1.54) is 11.1 Å². The molecule has 4 nitrogen and oxygen atoms in total. The molecule has 0 amide bonds. The Kier molecular flexibility index (Phi) is 4.24. The van der Waals surface area contributed by atoms with E-state index in [2.05, 4.69) is 70.7 Å². The van der Waals surface area contributed by atoms with Gasteiger partial charge in [0.1, 0.15) is 5.52 Å². The van der Waals surface area contributed by atoms with Crippen molar-refractivity contribution in [3.05, 3.63) is 72.3 Å². The van der Waals surface area contributed by atoms with Crippen LogP contribution in [0.4, 0.5) is 0 Å². The third kappa shape index (κ3) is 3.03. The van der Waals surface area contributed by atoms with Crippen molar-refractivity contribution < 1.29 is 0 Å². The van der Waals surface area contributed by atoms with Gasteiger partial charge in [-0.25, -0.2) is 4.98 Å². The zero-order valence-corrected chi connectivity index (χ0v) is 14.8. The first-order valence-corrected chi connectivity index (χ1v) is 9.16. The minimum atomic E-state index is 0.681. The Labute approximate surface area is 150 Å². The molecule has 0 aliphatic carbocycles. The predicted molar refractivity (Wildman–Crippen MR) is 104 cm³/mol. The van der Waals surface area contributed by atoms with Crippen molar-refractivity contribution in [1.29, 1.82) is 0 Å². The molecule has 0 aliphatic rings. The number of benzene rings is 2. The summed E-state index contributed by atoms with van der Waals surface area (Å²) < 4.78 is 2.23. The van der Waals surface area contributed by atoms with Gasteiger partial charge in [-0.2, -0.15) is 0 Å². The van der Waals surface area contributed by atoms with Crippen LogP contribution in [0.3, 0.4) is 0 Å². The van der Waals surface area contributed by atoms with Crippen molar-refractivity contribution in [1.82, 2.24) is 19.7 Å². The molecule has 0 fully saturated rings. The first kappa shape index (κ1) is 15.8. The maximum atomic E-state index is 4.77. The van der Waals surface area contributed by atoms with E-state index < -0.39 is 0 Å². The summed E-state index contributed by atoms with van der Waals surface area (Å²) >= 11 is 1.55. The molecule has 4 rings (SSSR count). The van der Waals surface area contributed by atoms with Gasteiger partial charge in [0.15, 0.2) is 5.65 Å². The van der Waals surface area contributed by atoms with Crippen LogP contribution in [0.15, 0.2) is 66.3 Å². The van der Waals surface area contributed by atoms with E-state index in [4.69, 9.17) is 4.98 Å². The monoisotopic (exact) mass is 346 g/mol. The molecular weight excluding hydrogens is 328 g/mol. The minimum Gasteiger partial charge on any atom is -0.319 e. The van der Waals surface area contributed by atoms with E-state index in [0.29, 0.717) is 5.16 Å². The molecule has 0 atom stereocenters. The summed E-state index contributed by atoms with van der Waals surface area (Å²) in [6.07, 6.45) is 1.85. The number of fused-ring (bicyclic) bond motifs is 3. The van der Waals surface area contributed by atoms with Gasteiger partial charge in [-0.05, 0) is 18.6 Å². The number of para-hydroxylation sites is 1. The van der Waals surface area contributed by atoms with Crippen LogP contribution in [0.1, 0.15) is 11.1 Å². The smallest absolute Gasteiger partial charge is 0.211 e. The molecular formula is C20H18N4S. The van der Waals surface area contributed by atoms with E-state index in [9.17, 15) is 0 Å². The summed E-state index contributed by atoms with van der Waals surface area (Å²) in [5, 5.41) is 10.5. The largest absolute Gasteiger partial charge is 0.319 e. The normalized spacial score (nSPS) is 11.2. The standard InChI is InChI=1S/C20H18N4S/c1-3-11-25-20-21-19-18(22-23-20)16-9-4-5-10-17(16)24(19)13-15-8-6-7-14(2)12-15/h3-10,12H,1,11,13H2,2H3. The number of hydrogen-bond acceptors (Lipinski definition) is 4. The highest BCUT2D eigenvalue weighted by atomic mass is 32.2. The molecule has 2 aromatic heterocycles. The molecule has 0 unspecified atom stereocenters. The third-order valence-corrected chi connectivity index (χ3v) is 4.94. The Bertz CT molecular complexity index is 1070. The highest BCUT2D eigenvalue weighted by molar-refractivity contribution is 7.99. The van der Waals surface area contributed by atoms with Gasteiger partial charge in [-0.15, -0.1) is 16.8 Å². The van der Waals surface area contributed by atoms with Crippen LogP contribution < -0.4 is 0 Å². The van der Waals surface area contributed by atoms with Gasteiger partial charge in [0.25, 0.3) is 0 Å². The lowest BCUT2D eigenvalue weighted by Gasteiger charge is -2.08. The Morgan fingerprint density at radius 1 is 1.12 bits per heavy atom. The van der Waals surface area contributed by atoms with Gasteiger partial charge >= 0.3 is 0 Å². The maximum absolute atomic E-state index is 4.77. The second kappa shape index (κ2) is 6.69. The van der Waals surface area contributed by atoms with Crippen molar-refractivity contribution in [2.45, 2.75) is 18.6 Å². The Morgan fingerprint density at radius 2 is 2.00 bits per heavy atom. The van der Waals surface area contributed by atoms with Crippen molar-refractivity contribution in [3.8, 4) is 0 Å². The summed E-state index contributed by atoms with van der Waals surface area (Å²) in [6.45, 7) is 6.63. The SMILES string of the molecule is C=CCSc1nnc2c3ccccc3n(Cc3cccc(C)c3)c2n1. The van der Waals surface area contributed by atoms with E-state index in [0.717, 1.165) is 34.4 Å². The van der Waals surface area contributed by atoms with E-state index >= 15 is 0 Å². The average Bonchev–Trinajstić information content (AvgIpc) is 2.94. The zero-order valence-electron chi connectivity index (χ0n) is 14.0. The van der Waals surface area contributed by atoms with E-state index in [-0.39, 0.29) is 0 Å².